The second kappa shape index (κ2) is 6.07. The molecule has 0 spiro atoms. The zero-order valence-electron chi connectivity index (χ0n) is 9.99. The zero-order valence-corrected chi connectivity index (χ0v) is 10.7. The van der Waals surface area contributed by atoms with Gasteiger partial charge in [-0.25, -0.2) is 0 Å². The number of amides is 1. The Labute approximate surface area is 111 Å². The molecule has 1 fully saturated rings. The van der Waals surface area contributed by atoms with E-state index in [1.165, 1.54) is 12.1 Å². The van der Waals surface area contributed by atoms with E-state index in [1.807, 2.05) is 0 Å². The largest absolute Gasteiger partial charge is 0.507 e. The quantitative estimate of drug-likeness (QED) is 0.884. The van der Waals surface area contributed by atoms with Crippen molar-refractivity contribution in [3.05, 3.63) is 28.8 Å². The van der Waals surface area contributed by atoms with E-state index in [1.54, 1.807) is 6.07 Å². The molecule has 1 aromatic carbocycles. The molecule has 1 atom stereocenters. The van der Waals surface area contributed by atoms with Gasteiger partial charge < -0.3 is 15.2 Å². The number of hydrogen-bond acceptors (Lipinski definition) is 3. The summed E-state index contributed by atoms with van der Waals surface area (Å²) in [5, 5.41) is 12.8. The molecule has 0 radical (unpaired) electrons. The standard InChI is InChI=1S/C13H16ClNO3/c14-10-3-4-11(12(16)6-10)13(17)15-7-9-2-1-5-18-8-9/h3-4,6,9,16H,1-2,5,7-8H2,(H,15,17)/t9-/m0/s1. The van der Waals surface area contributed by atoms with Crippen LogP contribution >= 0.6 is 11.6 Å². The topological polar surface area (TPSA) is 58.6 Å². The van der Waals surface area contributed by atoms with E-state index in [-0.39, 0.29) is 17.2 Å². The van der Waals surface area contributed by atoms with Crippen LogP contribution in [0.5, 0.6) is 5.75 Å². The van der Waals surface area contributed by atoms with Gasteiger partial charge in [-0.1, -0.05) is 11.6 Å². The van der Waals surface area contributed by atoms with Gasteiger partial charge in [-0.15, -0.1) is 0 Å². The number of hydrogen-bond donors (Lipinski definition) is 2. The fraction of sp³-hybridized carbons (Fsp3) is 0.462. The van der Waals surface area contributed by atoms with Crippen LogP contribution in [-0.2, 0) is 4.74 Å². The van der Waals surface area contributed by atoms with Gasteiger partial charge >= 0.3 is 0 Å². The van der Waals surface area contributed by atoms with E-state index in [4.69, 9.17) is 16.3 Å². The number of phenolic OH excluding ortho intramolecular Hbond substituents is 1. The molecule has 0 bridgehead atoms. The Morgan fingerprint density at radius 1 is 1.56 bits per heavy atom. The Balaban J connectivity index is 1.90. The number of ether oxygens (including phenoxy) is 1. The maximum absolute atomic E-state index is 11.9. The lowest BCUT2D eigenvalue weighted by molar-refractivity contribution is 0.0536. The second-order valence-electron chi connectivity index (χ2n) is 4.45. The Morgan fingerprint density at radius 2 is 2.39 bits per heavy atom. The second-order valence-corrected chi connectivity index (χ2v) is 4.89. The average Bonchev–Trinajstić information content (AvgIpc) is 2.37. The van der Waals surface area contributed by atoms with E-state index in [0.717, 1.165) is 19.4 Å². The van der Waals surface area contributed by atoms with E-state index >= 15 is 0 Å². The molecule has 18 heavy (non-hydrogen) atoms. The summed E-state index contributed by atoms with van der Waals surface area (Å²) < 4.78 is 5.34. The van der Waals surface area contributed by atoms with Crippen LogP contribution in [0.1, 0.15) is 23.2 Å². The molecule has 1 heterocycles. The summed E-state index contributed by atoms with van der Waals surface area (Å²) in [5.74, 6) is -0.0215. The molecule has 1 aromatic rings. The molecule has 0 unspecified atom stereocenters. The Kier molecular flexibility index (Phi) is 4.44. The van der Waals surface area contributed by atoms with Crippen molar-refractivity contribution in [3.63, 3.8) is 0 Å². The van der Waals surface area contributed by atoms with Crippen LogP contribution in [0.4, 0.5) is 0 Å². The molecule has 4 nitrogen and oxygen atoms in total. The van der Waals surface area contributed by atoms with E-state index in [9.17, 15) is 9.90 Å². The monoisotopic (exact) mass is 269 g/mol. The van der Waals surface area contributed by atoms with Gasteiger partial charge in [0, 0.05) is 18.2 Å². The van der Waals surface area contributed by atoms with Crippen LogP contribution in [0.2, 0.25) is 5.02 Å². The predicted octanol–water partition coefficient (Wildman–Crippen LogP) is 2.20. The Bertz CT molecular complexity index is 430. The first kappa shape index (κ1) is 13.2. The first-order chi connectivity index (χ1) is 8.66. The van der Waals surface area contributed by atoms with Crippen molar-refractivity contribution < 1.29 is 14.6 Å². The minimum Gasteiger partial charge on any atom is -0.507 e. The fourth-order valence-corrected chi connectivity index (χ4v) is 2.16. The van der Waals surface area contributed by atoms with Gasteiger partial charge in [0.25, 0.3) is 5.91 Å². The summed E-state index contributed by atoms with van der Waals surface area (Å²) in [7, 11) is 0. The molecule has 1 saturated heterocycles. The van der Waals surface area contributed by atoms with Crippen molar-refractivity contribution in [1.82, 2.24) is 5.32 Å². The minimum absolute atomic E-state index is 0.0973. The van der Waals surface area contributed by atoms with Gasteiger partial charge in [0.1, 0.15) is 5.75 Å². The lowest BCUT2D eigenvalue weighted by atomic mass is 10.0. The average molecular weight is 270 g/mol. The summed E-state index contributed by atoms with van der Waals surface area (Å²) in [6.07, 6.45) is 2.10. The van der Waals surface area contributed by atoms with Crippen molar-refractivity contribution >= 4 is 17.5 Å². The van der Waals surface area contributed by atoms with Crippen molar-refractivity contribution in [2.45, 2.75) is 12.8 Å². The van der Waals surface area contributed by atoms with Gasteiger partial charge in [0.2, 0.25) is 0 Å². The lowest BCUT2D eigenvalue weighted by Crippen LogP contribution is -2.33. The minimum atomic E-state index is -0.283. The number of carbonyl (C=O) groups is 1. The first-order valence-corrected chi connectivity index (χ1v) is 6.39. The highest BCUT2D eigenvalue weighted by molar-refractivity contribution is 6.30. The van der Waals surface area contributed by atoms with Crippen molar-refractivity contribution in [3.8, 4) is 5.75 Å². The van der Waals surface area contributed by atoms with Gasteiger partial charge in [-0.05, 0) is 37.0 Å². The summed E-state index contributed by atoms with van der Waals surface area (Å²) >= 11 is 5.71. The summed E-state index contributed by atoms with van der Waals surface area (Å²) in [5.41, 5.74) is 0.246. The van der Waals surface area contributed by atoms with Gasteiger partial charge in [0.15, 0.2) is 0 Å². The van der Waals surface area contributed by atoms with Crippen LogP contribution in [-0.4, -0.2) is 30.8 Å². The first-order valence-electron chi connectivity index (χ1n) is 6.01. The SMILES string of the molecule is O=C(NC[C@@H]1CCCOC1)c1ccc(Cl)cc1O. The predicted molar refractivity (Wildman–Crippen MR) is 69.0 cm³/mol. The lowest BCUT2D eigenvalue weighted by Gasteiger charge is -2.22. The molecule has 1 aliphatic heterocycles. The highest BCUT2D eigenvalue weighted by Gasteiger charge is 2.16. The van der Waals surface area contributed by atoms with Crippen LogP contribution in [0, 0.1) is 5.92 Å². The molecule has 1 aliphatic rings. The molecule has 2 N–H and O–H groups in total. The number of carbonyl (C=O) groups excluding carboxylic acids is 1. The number of benzene rings is 1. The third kappa shape index (κ3) is 3.37. The summed E-state index contributed by atoms with van der Waals surface area (Å²) in [6, 6.07) is 4.46. The molecular weight excluding hydrogens is 254 g/mol. The van der Waals surface area contributed by atoms with Gasteiger partial charge in [0.05, 0.1) is 12.2 Å². The highest BCUT2D eigenvalue weighted by Crippen LogP contribution is 2.22. The van der Waals surface area contributed by atoms with Crippen molar-refractivity contribution in [2.75, 3.05) is 19.8 Å². The van der Waals surface area contributed by atoms with E-state index in [0.29, 0.717) is 24.1 Å². The van der Waals surface area contributed by atoms with Crippen molar-refractivity contribution in [1.29, 1.82) is 0 Å². The zero-order chi connectivity index (χ0) is 13.0. The number of nitrogens with one attached hydrogen (secondary N) is 1. The number of phenols is 1. The number of halogens is 1. The normalized spacial score (nSPS) is 19.5. The van der Waals surface area contributed by atoms with E-state index < -0.39 is 0 Å². The number of rotatable bonds is 3. The van der Waals surface area contributed by atoms with Gasteiger partial charge in [-0.2, -0.15) is 0 Å². The Morgan fingerprint density at radius 3 is 3.06 bits per heavy atom. The molecule has 1 amide bonds. The molecule has 0 saturated carbocycles. The molecule has 98 valence electrons. The molecule has 5 heteroatoms. The maximum Gasteiger partial charge on any atom is 0.255 e. The van der Waals surface area contributed by atoms with Gasteiger partial charge in [-0.3, -0.25) is 4.79 Å². The molecule has 0 aromatic heterocycles. The van der Waals surface area contributed by atoms with Crippen LogP contribution in [0.3, 0.4) is 0 Å². The molecular formula is C13H16ClNO3. The summed E-state index contributed by atoms with van der Waals surface area (Å²) in [6.45, 7) is 2.07. The Hall–Kier alpha value is -1.26. The molecule has 0 aliphatic carbocycles. The van der Waals surface area contributed by atoms with Crippen molar-refractivity contribution in [2.24, 2.45) is 5.92 Å². The fourth-order valence-electron chi connectivity index (χ4n) is 2.00. The van der Waals surface area contributed by atoms with Crippen LogP contribution in [0.15, 0.2) is 18.2 Å². The molecule has 2 rings (SSSR count). The van der Waals surface area contributed by atoms with Crippen LogP contribution in [0.25, 0.3) is 0 Å². The summed E-state index contributed by atoms with van der Waals surface area (Å²) in [4.78, 5) is 11.9. The third-order valence-electron chi connectivity index (χ3n) is 3.01. The van der Waals surface area contributed by atoms with Crippen LogP contribution < -0.4 is 5.32 Å². The third-order valence-corrected chi connectivity index (χ3v) is 3.25. The van der Waals surface area contributed by atoms with E-state index in [2.05, 4.69) is 5.32 Å². The highest BCUT2D eigenvalue weighted by atomic mass is 35.5. The smallest absolute Gasteiger partial charge is 0.255 e. The maximum atomic E-state index is 11.9. The number of aromatic hydroxyl groups is 1.